The Morgan fingerprint density at radius 2 is 1.59 bits per heavy atom. The molecule has 0 N–H and O–H groups in total. The first-order valence-electron chi connectivity index (χ1n) is 7.36. The van der Waals surface area contributed by atoms with Gasteiger partial charge in [-0.05, 0) is 48.2 Å². The van der Waals surface area contributed by atoms with Crippen LogP contribution in [0.4, 0.5) is 18.9 Å². The Bertz CT molecular complexity index is 608. The van der Waals surface area contributed by atoms with Crippen molar-refractivity contribution >= 4 is 5.69 Å². The lowest BCUT2D eigenvalue weighted by Gasteiger charge is -2.35. The van der Waals surface area contributed by atoms with Crippen LogP contribution in [-0.4, -0.2) is 24.2 Å². The number of halogens is 3. The first-order valence-corrected chi connectivity index (χ1v) is 7.36. The minimum Gasteiger partial charge on any atom is -0.371 e. The molecular formula is C17H17F3N2. The van der Waals surface area contributed by atoms with E-state index >= 15 is 0 Å². The summed E-state index contributed by atoms with van der Waals surface area (Å²) in [6, 6.07) is 11.5. The molecule has 1 aromatic heterocycles. The molecule has 1 aromatic carbocycles. The van der Waals surface area contributed by atoms with Crippen LogP contribution in [-0.2, 0) is 0 Å². The van der Waals surface area contributed by atoms with E-state index in [9.17, 15) is 13.2 Å². The number of rotatable bonds is 2. The zero-order valence-electron chi connectivity index (χ0n) is 12.1. The predicted octanol–water partition coefficient (Wildman–Crippen LogP) is 4.53. The Kier molecular flexibility index (Phi) is 4.05. The standard InChI is InChI=1S/C17H17F3N2/c18-17(19,20)15-2-1-11-22(12-15)16-5-3-13(4-6-16)14-7-9-21-10-8-14/h3-10,15H,1-2,11-12H2. The summed E-state index contributed by atoms with van der Waals surface area (Å²) in [7, 11) is 0. The second kappa shape index (κ2) is 5.99. The van der Waals surface area contributed by atoms with Crippen LogP contribution < -0.4 is 4.90 Å². The van der Waals surface area contributed by atoms with Crippen molar-refractivity contribution in [1.29, 1.82) is 0 Å². The van der Waals surface area contributed by atoms with E-state index in [1.165, 1.54) is 0 Å². The Hall–Kier alpha value is -2.04. The van der Waals surface area contributed by atoms with Gasteiger partial charge in [0, 0.05) is 31.2 Å². The molecule has 1 unspecified atom stereocenters. The third kappa shape index (κ3) is 3.24. The Balaban J connectivity index is 1.75. The number of hydrogen-bond donors (Lipinski definition) is 0. The van der Waals surface area contributed by atoms with E-state index in [1.54, 1.807) is 12.4 Å². The van der Waals surface area contributed by atoms with Gasteiger partial charge in [-0.3, -0.25) is 4.98 Å². The SMILES string of the molecule is FC(F)(F)C1CCCN(c2ccc(-c3ccncc3)cc2)C1. The number of aromatic nitrogens is 1. The molecule has 5 heteroatoms. The summed E-state index contributed by atoms with van der Waals surface area (Å²) in [5.41, 5.74) is 2.94. The van der Waals surface area contributed by atoms with Gasteiger partial charge in [0.2, 0.25) is 0 Å². The fourth-order valence-corrected chi connectivity index (χ4v) is 2.89. The number of hydrogen-bond acceptors (Lipinski definition) is 2. The molecule has 0 radical (unpaired) electrons. The van der Waals surface area contributed by atoms with Crippen LogP contribution in [0.15, 0.2) is 48.8 Å². The number of nitrogens with zero attached hydrogens (tertiary/aromatic N) is 2. The molecule has 1 atom stereocenters. The fourth-order valence-electron chi connectivity index (χ4n) is 2.89. The molecule has 2 aromatic rings. The molecule has 3 rings (SSSR count). The number of pyridine rings is 1. The van der Waals surface area contributed by atoms with Gasteiger partial charge in [-0.25, -0.2) is 0 Å². The Labute approximate surface area is 127 Å². The van der Waals surface area contributed by atoms with Gasteiger partial charge in [-0.1, -0.05) is 12.1 Å². The number of alkyl halides is 3. The monoisotopic (exact) mass is 306 g/mol. The molecule has 1 aliphatic rings. The maximum Gasteiger partial charge on any atom is 0.393 e. The topological polar surface area (TPSA) is 16.1 Å². The van der Waals surface area contributed by atoms with Crippen molar-refractivity contribution in [1.82, 2.24) is 4.98 Å². The number of anilines is 1. The fraction of sp³-hybridized carbons (Fsp3) is 0.353. The maximum atomic E-state index is 12.9. The second-order valence-electron chi connectivity index (χ2n) is 5.61. The van der Waals surface area contributed by atoms with Crippen molar-refractivity contribution in [2.75, 3.05) is 18.0 Å². The van der Waals surface area contributed by atoms with E-state index in [1.807, 2.05) is 41.3 Å². The van der Waals surface area contributed by atoms with E-state index in [-0.39, 0.29) is 13.0 Å². The van der Waals surface area contributed by atoms with Gasteiger partial charge in [0.15, 0.2) is 0 Å². The van der Waals surface area contributed by atoms with E-state index in [0.29, 0.717) is 13.0 Å². The van der Waals surface area contributed by atoms with Crippen LogP contribution in [0, 0.1) is 5.92 Å². The van der Waals surface area contributed by atoms with Crippen LogP contribution in [0.5, 0.6) is 0 Å². The normalized spacial score (nSPS) is 19.2. The van der Waals surface area contributed by atoms with E-state index in [4.69, 9.17) is 0 Å². The molecule has 0 amide bonds. The van der Waals surface area contributed by atoms with E-state index in [0.717, 1.165) is 16.8 Å². The highest BCUT2D eigenvalue weighted by atomic mass is 19.4. The first kappa shape index (κ1) is 14.9. The van der Waals surface area contributed by atoms with Crippen molar-refractivity contribution in [2.45, 2.75) is 19.0 Å². The lowest BCUT2D eigenvalue weighted by atomic mass is 9.96. The van der Waals surface area contributed by atoms with Crippen LogP contribution in [0.3, 0.4) is 0 Å². The summed E-state index contributed by atoms with van der Waals surface area (Å²) in [6.45, 7) is 0.735. The highest BCUT2D eigenvalue weighted by Crippen LogP contribution is 2.35. The zero-order valence-corrected chi connectivity index (χ0v) is 12.1. The average molecular weight is 306 g/mol. The van der Waals surface area contributed by atoms with Gasteiger partial charge in [-0.15, -0.1) is 0 Å². The first-order chi connectivity index (χ1) is 10.5. The molecule has 2 nitrogen and oxygen atoms in total. The van der Waals surface area contributed by atoms with Crippen LogP contribution in [0.1, 0.15) is 12.8 Å². The van der Waals surface area contributed by atoms with Gasteiger partial charge in [0.25, 0.3) is 0 Å². The summed E-state index contributed by atoms with van der Waals surface area (Å²) >= 11 is 0. The number of piperidine rings is 1. The number of benzene rings is 1. The third-order valence-corrected chi connectivity index (χ3v) is 4.13. The van der Waals surface area contributed by atoms with Gasteiger partial charge in [0.1, 0.15) is 0 Å². The Morgan fingerprint density at radius 1 is 0.955 bits per heavy atom. The van der Waals surface area contributed by atoms with Gasteiger partial charge in [0.05, 0.1) is 5.92 Å². The van der Waals surface area contributed by atoms with Crippen molar-refractivity contribution in [3.05, 3.63) is 48.8 Å². The van der Waals surface area contributed by atoms with Crippen molar-refractivity contribution < 1.29 is 13.2 Å². The van der Waals surface area contributed by atoms with Crippen molar-refractivity contribution in [2.24, 2.45) is 5.92 Å². The molecule has 1 aliphatic heterocycles. The van der Waals surface area contributed by atoms with Crippen LogP contribution in [0.2, 0.25) is 0 Å². The van der Waals surface area contributed by atoms with E-state index < -0.39 is 12.1 Å². The molecule has 2 heterocycles. The zero-order chi connectivity index (χ0) is 15.6. The highest BCUT2D eigenvalue weighted by Gasteiger charge is 2.41. The van der Waals surface area contributed by atoms with Gasteiger partial charge >= 0.3 is 6.18 Å². The second-order valence-corrected chi connectivity index (χ2v) is 5.61. The molecule has 0 spiro atoms. The van der Waals surface area contributed by atoms with E-state index in [2.05, 4.69) is 4.98 Å². The molecule has 0 saturated carbocycles. The van der Waals surface area contributed by atoms with Gasteiger partial charge in [-0.2, -0.15) is 13.2 Å². The summed E-state index contributed by atoms with van der Waals surface area (Å²) < 4.78 is 38.6. The smallest absolute Gasteiger partial charge is 0.371 e. The predicted molar refractivity (Wildman–Crippen MR) is 80.7 cm³/mol. The Morgan fingerprint density at radius 3 is 2.23 bits per heavy atom. The van der Waals surface area contributed by atoms with Crippen LogP contribution in [0.25, 0.3) is 11.1 Å². The summed E-state index contributed by atoms with van der Waals surface area (Å²) in [5.74, 6) is -1.22. The molecular weight excluding hydrogens is 289 g/mol. The lowest BCUT2D eigenvalue weighted by Crippen LogP contribution is -2.41. The maximum absolute atomic E-state index is 12.9. The quantitative estimate of drug-likeness (QED) is 0.810. The summed E-state index contributed by atoms with van der Waals surface area (Å²) in [6.07, 6.45) is 0.157. The summed E-state index contributed by atoms with van der Waals surface area (Å²) in [5, 5.41) is 0. The minimum absolute atomic E-state index is 0.0537. The minimum atomic E-state index is -4.10. The third-order valence-electron chi connectivity index (χ3n) is 4.13. The summed E-state index contributed by atoms with van der Waals surface area (Å²) in [4.78, 5) is 5.81. The molecule has 0 bridgehead atoms. The molecule has 116 valence electrons. The molecule has 1 saturated heterocycles. The van der Waals surface area contributed by atoms with Crippen molar-refractivity contribution in [3.8, 4) is 11.1 Å². The molecule has 0 aliphatic carbocycles. The largest absolute Gasteiger partial charge is 0.393 e. The highest BCUT2D eigenvalue weighted by molar-refractivity contribution is 5.65. The lowest BCUT2D eigenvalue weighted by molar-refractivity contribution is -0.175. The molecule has 1 fully saturated rings. The van der Waals surface area contributed by atoms with Crippen molar-refractivity contribution in [3.63, 3.8) is 0 Å². The van der Waals surface area contributed by atoms with Crippen LogP contribution >= 0.6 is 0 Å². The molecule has 22 heavy (non-hydrogen) atoms. The average Bonchev–Trinajstić information content (AvgIpc) is 2.55. The van der Waals surface area contributed by atoms with Gasteiger partial charge < -0.3 is 4.90 Å².